The quantitative estimate of drug-likeness (QED) is 0.430. The van der Waals surface area contributed by atoms with Crippen LogP contribution in [-0.4, -0.2) is 28.6 Å². The molecule has 136 valence electrons. The summed E-state index contributed by atoms with van der Waals surface area (Å²) in [5.41, 5.74) is 1.08. The molecule has 2 aromatic rings. The number of hydrogen-bond donors (Lipinski definition) is 2. The highest BCUT2D eigenvalue weighted by molar-refractivity contribution is 7.11. The van der Waals surface area contributed by atoms with Crippen molar-refractivity contribution >= 4 is 17.3 Å². The Balaban J connectivity index is 1.76. The first kappa shape index (κ1) is 19.2. The van der Waals surface area contributed by atoms with Crippen molar-refractivity contribution in [2.24, 2.45) is 4.99 Å². The molecule has 2 N–H and O–H groups in total. The molecule has 0 fully saturated rings. The first-order valence-electron chi connectivity index (χ1n) is 8.70. The minimum atomic E-state index is 0.0709. The van der Waals surface area contributed by atoms with Gasteiger partial charge in [-0.05, 0) is 39.7 Å². The van der Waals surface area contributed by atoms with E-state index in [1.807, 2.05) is 30.7 Å². The van der Waals surface area contributed by atoms with Gasteiger partial charge in [0.1, 0.15) is 5.01 Å². The number of hydrogen-bond acceptors (Lipinski definition) is 4. The maximum Gasteiger partial charge on any atom is 0.250 e. The van der Waals surface area contributed by atoms with Crippen LogP contribution >= 0.6 is 11.3 Å². The van der Waals surface area contributed by atoms with E-state index in [4.69, 9.17) is 0 Å². The van der Waals surface area contributed by atoms with E-state index in [9.17, 15) is 4.79 Å². The number of unbranched alkanes of at least 4 members (excludes halogenated alkanes) is 1. The van der Waals surface area contributed by atoms with Crippen molar-refractivity contribution in [1.29, 1.82) is 0 Å². The molecule has 0 saturated heterocycles. The molecule has 0 amide bonds. The van der Waals surface area contributed by atoms with Gasteiger partial charge in [-0.3, -0.25) is 4.79 Å². The summed E-state index contributed by atoms with van der Waals surface area (Å²) in [6.45, 7) is 9.05. The molecule has 7 heteroatoms. The zero-order valence-electron chi connectivity index (χ0n) is 15.2. The van der Waals surface area contributed by atoms with Crippen molar-refractivity contribution < 1.29 is 0 Å². The second kappa shape index (κ2) is 9.98. The number of nitrogens with zero attached hydrogens (tertiary/aromatic N) is 3. The lowest BCUT2D eigenvalue weighted by atomic mass is 10.3. The molecule has 0 unspecified atom stereocenters. The number of aromatic nitrogens is 2. The summed E-state index contributed by atoms with van der Waals surface area (Å²) in [5, 5.41) is 7.61. The SMILES string of the molecule is CCNC(=NCc1ncc(C)s1)NCCCCn1c(C)cccc1=O. The summed E-state index contributed by atoms with van der Waals surface area (Å²) < 4.78 is 1.82. The topological polar surface area (TPSA) is 71.3 Å². The Kier molecular flexibility index (Phi) is 7.66. The summed E-state index contributed by atoms with van der Waals surface area (Å²) >= 11 is 1.67. The number of aryl methyl sites for hydroxylation is 2. The Morgan fingerprint density at radius 3 is 2.80 bits per heavy atom. The molecule has 6 nitrogen and oxygen atoms in total. The molecule has 0 saturated carbocycles. The smallest absolute Gasteiger partial charge is 0.250 e. The van der Waals surface area contributed by atoms with Gasteiger partial charge in [0, 0.05) is 42.5 Å². The number of pyridine rings is 1. The van der Waals surface area contributed by atoms with Gasteiger partial charge < -0.3 is 15.2 Å². The molecule has 0 radical (unpaired) electrons. The molecule has 0 aliphatic heterocycles. The fraction of sp³-hybridized carbons (Fsp3) is 0.500. The molecule has 0 aromatic carbocycles. The number of aliphatic imine (C=N–C) groups is 1. The average Bonchev–Trinajstić information content (AvgIpc) is 3.00. The number of thiazole rings is 1. The minimum absolute atomic E-state index is 0.0709. The highest BCUT2D eigenvalue weighted by atomic mass is 32.1. The van der Waals surface area contributed by atoms with E-state index in [0.29, 0.717) is 6.54 Å². The van der Waals surface area contributed by atoms with E-state index in [0.717, 1.165) is 49.1 Å². The predicted octanol–water partition coefficient (Wildman–Crippen LogP) is 2.46. The van der Waals surface area contributed by atoms with Crippen LogP contribution in [0.15, 0.2) is 34.2 Å². The van der Waals surface area contributed by atoms with Gasteiger partial charge in [-0.1, -0.05) is 6.07 Å². The van der Waals surface area contributed by atoms with Gasteiger partial charge in [0.05, 0.1) is 6.54 Å². The molecule has 2 rings (SSSR count). The maximum absolute atomic E-state index is 11.8. The first-order chi connectivity index (χ1) is 12.1. The molecule has 25 heavy (non-hydrogen) atoms. The van der Waals surface area contributed by atoms with Crippen LogP contribution in [0.3, 0.4) is 0 Å². The van der Waals surface area contributed by atoms with Crippen molar-refractivity contribution in [3.8, 4) is 0 Å². The summed E-state index contributed by atoms with van der Waals surface area (Å²) in [6.07, 6.45) is 3.80. The summed E-state index contributed by atoms with van der Waals surface area (Å²) in [5.74, 6) is 0.809. The molecule has 0 bridgehead atoms. The Bertz CT molecular complexity index is 750. The Hall–Kier alpha value is -2.15. The third kappa shape index (κ3) is 6.34. The Morgan fingerprint density at radius 1 is 1.28 bits per heavy atom. The van der Waals surface area contributed by atoms with Crippen LogP contribution in [0.1, 0.15) is 35.3 Å². The third-order valence-electron chi connectivity index (χ3n) is 3.75. The zero-order chi connectivity index (χ0) is 18.1. The van der Waals surface area contributed by atoms with Crippen molar-refractivity contribution in [2.45, 2.75) is 46.7 Å². The fourth-order valence-corrected chi connectivity index (χ4v) is 3.19. The fourth-order valence-electron chi connectivity index (χ4n) is 2.47. The van der Waals surface area contributed by atoms with Crippen molar-refractivity contribution in [3.05, 3.63) is 50.3 Å². The van der Waals surface area contributed by atoms with Gasteiger partial charge in [0.25, 0.3) is 5.56 Å². The summed E-state index contributed by atoms with van der Waals surface area (Å²) in [7, 11) is 0. The van der Waals surface area contributed by atoms with Crippen LogP contribution in [0, 0.1) is 13.8 Å². The number of nitrogens with one attached hydrogen (secondary N) is 2. The lowest BCUT2D eigenvalue weighted by Gasteiger charge is -2.12. The van der Waals surface area contributed by atoms with E-state index in [1.54, 1.807) is 23.5 Å². The summed E-state index contributed by atoms with van der Waals surface area (Å²) in [6, 6.07) is 5.39. The van der Waals surface area contributed by atoms with Crippen LogP contribution < -0.4 is 16.2 Å². The molecule has 0 aliphatic rings. The van der Waals surface area contributed by atoms with E-state index < -0.39 is 0 Å². The van der Waals surface area contributed by atoms with Crippen LogP contribution in [-0.2, 0) is 13.1 Å². The second-order valence-corrected chi connectivity index (χ2v) is 7.17. The molecule has 2 aromatic heterocycles. The van der Waals surface area contributed by atoms with Crippen LogP contribution in [0.25, 0.3) is 0 Å². The lowest BCUT2D eigenvalue weighted by molar-refractivity contribution is 0.575. The van der Waals surface area contributed by atoms with Gasteiger partial charge in [0.15, 0.2) is 5.96 Å². The lowest BCUT2D eigenvalue weighted by Crippen LogP contribution is -2.37. The van der Waals surface area contributed by atoms with Gasteiger partial charge in [-0.15, -0.1) is 11.3 Å². The minimum Gasteiger partial charge on any atom is -0.357 e. The molecule has 0 spiro atoms. The van der Waals surface area contributed by atoms with E-state index in [-0.39, 0.29) is 5.56 Å². The summed E-state index contributed by atoms with van der Waals surface area (Å²) in [4.78, 5) is 21.9. The van der Waals surface area contributed by atoms with Crippen molar-refractivity contribution in [1.82, 2.24) is 20.2 Å². The van der Waals surface area contributed by atoms with Gasteiger partial charge in [-0.25, -0.2) is 9.98 Å². The first-order valence-corrected chi connectivity index (χ1v) is 9.51. The van der Waals surface area contributed by atoms with Gasteiger partial charge in [0.2, 0.25) is 0 Å². The maximum atomic E-state index is 11.8. The molecule has 0 aliphatic carbocycles. The Labute approximate surface area is 153 Å². The zero-order valence-corrected chi connectivity index (χ0v) is 16.0. The van der Waals surface area contributed by atoms with Gasteiger partial charge in [-0.2, -0.15) is 0 Å². The number of rotatable bonds is 8. The largest absolute Gasteiger partial charge is 0.357 e. The van der Waals surface area contributed by atoms with E-state index in [1.165, 1.54) is 4.88 Å². The normalized spacial score (nSPS) is 11.6. The highest BCUT2D eigenvalue weighted by Gasteiger charge is 2.02. The standard InChI is InChI=1S/C18H27N5OS/c1-4-19-18(22-13-16-21-12-15(3)25-16)20-10-5-6-11-23-14(2)8-7-9-17(23)24/h7-9,12H,4-6,10-11,13H2,1-3H3,(H2,19,20,22). The van der Waals surface area contributed by atoms with Crippen LogP contribution in [0.4, 0.5) is 0 Å². The average molecular weight is 362 g/mol. The van der Waals surface area contributed by atoms with Gasteiger partial charge >= 0.3 is 0 Å². The molecule has 2 heterocycles. The van der Waals surface area contributed by atoms with Crippen LogP contribution in [0.2, 0.25) is 0 Å². The monoisotopic (exact) mass is 361 g/mol. The van der Waals surface area contributed by atoms with E-state index in [2.05, 4.69) is 27.5 Å². The van der Waals surface area contributed by atoms with Crippen molar-refractivity contribution in [3.63, 3.8) is 0 Å². The Morgan fingerprint density at radius 2 is 2.12 bits per heavy atom. The van der Waals surface area contributed by atoms with Crippen LogP contribution in [0.5, 0.6) is 0 Å². The number of guanidine groups is 1. The predicted molar refractivity (Wildman–Crippen MR) is 104 cm³/mol. The highest BCUT2D eigenvalue weighted by Crippen LogP contribution is 2.11. The second-order valence-electron chi connectivity index (χ2n) is 5.85. The molecular weight excluding hydrogens is 334 g/mol. The molecular formula is C18H27N5OS. The van der Waals surface area contributed by atoms with Crippen molar-refractivity contribution in [2.75, 3.05) is 13.1 Å². The third-order valence-corrected chi connectivity index (χ3v) is 4.65. The molecule has 0 atom stereocenters. The van der Waals surface area contributed by atoms with E-state index >= 15 is 0 Å².